The van der Waals surface area contributed by atoms with Crippen molar-refractivity contribution >= 4 is 16.9 Å². The summed E-state index contributed by atoms with van der Waals surface area (Å²) in [6.45, 7) is 4.89. The highest BCUT2D eigenvalue weighted by Gasteiger charge is 2.31. The summed E-state index contributed by atoms with van der Waals surface area (Å²) in [6.07, 6.45) is 3.59. The highest BCUT2D eigenvalue weighted by molar-refractivity contribution is 6.03. The predicted octanol–water partition coefficient (Wildman–Crippen LogP) is 3.47. The molecule has 4 nitrogen and oxygen atoms in total. The molecule has 0 radical (unpaired) electrons. The van der Waals surface area contributed by atoms with Crippen molar-refractivity contribution < 1.29 is 14.6 Å². The fraction of sp³-hybridized carbons (Fsp3) is 0.438. The molecule has 1 aromatic heterocycles. The van der Waals surface area contributed by atoms with Gasteiger partial charge in [0.25, 0.3) is 0 Å². The molecule has 1 fully saturated rings. The summed E-state index contributed by atoms with van der Waals surface area (Å²) in [7, 11) is 0. The van der Waals surface area contributed by atoms with Crippen LogP contribution in [-0.4, -0.2) is 27.9 Å². The minimum absolute atomic E-state index is 0.155. The average Bonchev–Trinajstić information content (AvgIpc) is 2.77. The molecule has 106 valence electrons. The Balaban J connectivity index is 2.10. The topological polar surface area (TPSA) is 51.5 Å². The molecule has 1 aliphatic heterocycles. The molecule has 0 aliphatic carbocycles. The third-order valence-electron chi connectivity index (χ3n) is 4.04. The zero-order chi connectivity index (χ0) is 14.3. The lowest BCUT2D eigenvalue weighted by Gasteiger charge is -2.36. The molecule has 0 saturated carbocycles. The first-order chi connectivity index (χ1) is 9.48. The molecule has 1 aliphatic rings. The van der Waals surface area contributed by atoms with Gasteiger partial charge in [-0.05, 0) is 32.8 Å². The maximum atomic E-state index is 11.4. The number of fused-ring (bicyclic) bond motifs is 1. The van der Waals surface area contributed by atoms with Crippen LogP contribution < -0.4 is 0 Å². The van der Waals surface area contributed by atoms with Crippen LogP contribution in [0.25, 0.3) is 10.9 Å². The van der Waals surface area contributed by atoms with Crippen molar-refractivity contribution in [1.82, 2.24) is 4.57 Å². The molecular weight excluding hydrogens is 254 g/mol. The van der Waals surface area contributed by atoms with Crippen molar-refractivity contribution in [2.45, 2.75) is 38.3 Å². The van der Waals surface area contributed by atoms with Crippen molar-refractivity contribution in [2.24, 2.45) is 0 Å². The fourth-order valence-electron chi connectivity index (χ4n) is 3.11. The molecule has 1 atom stereocenters. The summed E-state index contributed by atoms with van der Waals surface area (Å²) in [4.78, 5) is 11.4. The van der Waals surface area contributed by atoms with E-state index in [1.165, 1.54) is 0 Å². The first-order valence-electron chi connectivity index (χ1n) is 6.95. The van der Waals surface area contributed by atoms with Crippen LogP contribution in [0.4, 0.5) is 0 Å². The van der Waals surface area contributed by atoms with Crippen LogP contribution in [0.2, 0.25) is 0 Å². The van der Waals surface area contributed by atoms with Gasteiger partial charge < -0.3 is 14.4 Å². The largest absolute Gasteiger partial charge is 0.478 e. The van der Waals surface area contributed by atoms with Gasteiger partial charge in [-0.2, -0.15) is 0 Å². The first kappa shape index (κ1) is 13.2. The number of aromatic carboxylic acids is 1. The Labute approximate surface area is 118 Å². The van der Waals surface area contributed by atoms with Gasteiger partial charge >= 0.3 is 5.97 Å². The van der Waals surface area contributed by atoms with Gasteiger partial charge in [0.1, 0.15) is 0 Å². The second-order valence-electron chi connectivity index (χ2n) is 6.03. The summed E-state index contributed by atoms with van der Waals surface area (Å²) in [5.41, 5.74) is 1.22. The standard InChI is InChI=1S/C16H19NO3/c1-16(2)9-11(7-8-20-16)17-10-13(15(18)19)12-5-3-4-6-14(12)17/h3-6,10-11H,7-9H2,1-2H3,(H,18,19). The average molecular weight is 273 g/mol. The Bertz CT molecular complexity index is 657. The molecule has 0 amide bonds. The highest BCUT2D eigenvalue weighted by Crippen LogP contribution is 2.35. The minimum atomic E-state index is -0.869. The van der Waals surface area contributed by atoms with Crippen LogP contribution in [0, 0.1) is 0 Å². The number of benzene rings is 1. The lowest BCUT2D eigenvalue weighted by Crippen LogP contribution is -2.34. The monoisotopic (exact) mass is 273 g/mol. The van der Waals surface area contributed by atoms with Crippen LogP contribution >= 0.6 is 0 Å². The normalized spacial score (nSPS) is 22.0. The van der Waals surface area contributed by atoms with E-state index in [2.05, 4.69) is 18.4 Å². The molecule has 20 heavy (non-hydrogen) atoms. The Morgan fingerprint density at radius 1 is 1.40 bits per heavy atom. The lowest BCUT2D eigenvalue weighted by atomic mass is 9.93. The van der Waals surface area contributed by atoms with Gasteiger partial charge in [0.05, 0.1) is 11.2 Å². The summed E-state index contributed by atoms with van der Waals surface area (Å²) < 4.78 is 7.87. The molecule has 2 heterocycles. The van der Waals surface area contributed by atoms with E-state index in [1.807, 2.05) is 24.3 Å². The number of para-hydroxylation sites is 1. The van der Waals surface area contributed by atoms with Crippen LogP contribution in [0.15, 0.2) is 30.5 Å². The highest BCUT2D eigenvalue weighted by atomic mass is 16.5. The van der Waals surface area contributed by atoms with Gasteiger partial charge in [-0.3, -0.25) is 0 Å². The second kappa shape index (κ2) is 4.63. The molecule has 0 bridgehead atoms. The number of aromatic nitrogens is 1. The number of nitrogens with zero attached hydrogens (tertiary/aromatic N) is 1. The Morgan fingerprint density at radius 3 is 2.85 bits per heavy atom. The van der Waals surface area contributed by atoms with Gasteiger partial charge in [0.15, 0.2) is 0 Å². The molecular formula is C16H19NO3. The van der Waals surface area contributed by atoms with Gasteiger partial charge in [-0.25, -0.2) is 4.79 Å². The zero-order valence-corrected chi connectivity index (χ0v) is 11.8. The van der Waals surface area contributed by atoms with Crippen molar-refractivity contribution in [1.29, 1.82) is 0 Å². The number of rotatable bonds is 2. The van der Waals surface area contributed by atoms with Gasteiger partial charge in [-0.1, -0.05) is 18.2 Å². The number of hydrogen-bond acceptors (Lipinski definition) is 2. The van der Waals surface area contributed by atoms with E-state index in [9.17, 15) is 9.90 Å². The van der Waals surface area contributed by atoms with Crippen LogP contribution in [0.3, 0.4) is 0 Å². The molecule has 0 spiro atoms. The van der Waals surface area contributed by atoms with E-state index in [0.717, 1.165) is 23.7 Å². The Kier molecular flexibility index (Phi) is 3.05. The molecule has 4 heteroatoms. The summed E-state index contributed by atoms with van der Waals surface area (Å²) in [6, 6.07) is 7.99. The molecule has 3 rings (SSSR count). The van der Waals surface area contributed by atoms with Crippen molar-refractivity contribution in [3.63, 3.8) is 0 Å². The number of carboxylic acid groups (broad SMARTS) is 1. The zero-order valence-electron chi connectivity index (χ0n) is 11.8. The van der Waals surface area contributed by atoms with Crippen LogP contribution in [-0.2, 0) is 4.74 Å². The van der Waals surface area contributed by atoms with E-state index in [-0.39, 0.29) is 11.6 Å². The molecule has 1 N–H and O–H groups in total. The van der Waals surface area contributed by atoms with E-state index < -0.39 is 5.97 Å². The lowest BCUT2D eigenvalue weighted by molar-refractivity contribution is -0.0684. The van der Waals surface area contributed by atoms with Crippen molar-refractivity contribution in [3.05, 3.63) is 36.0 Å². The van der Waals surface area contributed by atoms with E-state index >= 15 is 0 Å². The maximum Gasteiger partial charge on any atom is 0.337 e. The second-order valence-corrected chi connectivity index (χ2v) is 6.03. The SMILES string of the molecule is CC1(C)CC(n2cc(C(=O)O)c3ccccc32)CCO1. The van der Waals surface area contributed by atoms with Gasteiger partial charge in [0, 0.05) is 29.7 Å². The van der Waals surface area contributed by atoms with Gasteiger partial charge in [-0.15, -0.1) is 0 Å². The summed E-state index contributed by atoms with van der Waals surface area (Å²) >= 11 is 0. The molecule has 2 aromatic rings. The summed E-state index contributed by atoms with van der Waals surface area (Å²) in [5.74, 6) is -0.869. The smallest absolute Gasteiger partial charge is 0.337 e. The van der Waals surface area contributed by atoms with Crippen LogP contribution in [0.5, 0.6) is 0 Å². The van der Waals surface area contributed by atoms with E-state index in [0.29, 0.717) is 12.2 Å². The minimum Gasteiger partial charge on any atom is -0.478 e. The molecule has 1 aromatic carbocycles. The molecule has 1 unspecified atom stereocenters. The fourth-order valence-corrected chi connectivity index (χ4v) is 3.11. The van der Waals surface area contributed by atoms with E-state index in [4.69, 9.17) is 4.74 Å². The number of hydrogen-bond donors (Lipinski definition) is 1. The predicted molar refractivity (Wildman–Crippen MR) is 77.2 cm³/mol. The first-order valence-corrected chi connectivity index (χ1v) is 6.95. The van der Waals surface area contributed by atoms with Crippen molar-refractivity contribution in [3.8, 4) is 0 Å². The quantitative estimate of drug-likeness (QED) is 0.911. The van der Waals surface area contributed by atoms with Crippen molar-refractivity contribution in [2.75, 3.05) is 6.61 Å². The maximum absolute atomic E-state index is 11.4. The number of carboxylic acids is 1. The Hall–Kier alpha value is -1.81. The third-order valence-corrected chi connectivity index (χ3v) is 4.04. The number of ether oxygens (including phenoxy) is 1. The molecule has 1 saturated heterocycles. The van der Waals surface area contributed by atoms with E-state index in [1.54, 1.807) is 6.20 Å². The Morgan fingerprint density at radius 2 is 2.15 bits per heavy atom. The third kappa shape index (κ3) is 2.20. The summed E-state index contributed by atoms with van der Waals surface area (Å²) in [5, 5.41) is 10.2. The van der Waals surface area contributed by atoms with Gasteiger partial charge in [0.2, 0.25) is 0 Å². The number of carbonyl (C=O) groups is 1. The van der Waals surface area contributed by atoms with Crippen LogP contribution in [0.1, 0.15) is 43.1 Å².